The first-order valence-corrected chi connectivity index (χ1v) is 8.70. The molecule has 0 radical (unpaired) electrons. The van der Waals surface area contributed by atoms with Crippen LogP contribution in [0.1, 0.15) is 18.2 Å². The first-order chi connectivity index (χ1) is 11.0. The number of nitrogens with zero attached hydrogens (tertiary/aromatic N) is 1. The number of aromatic nitrogens is 2. The Morgan fingerprint density at radius 1 is 1.26 bits per heavy atom. The number of aryl methyl sites for hydroxylation is 2. The van der Waals surface area contributed by atoms with Crippen molar-refractivity contribution in [2.45, 2.75) is 25.2 Å². The van der Waals surface area contributed by atoms with Crippen molar-refractivity contribution in [2.24, 2.45) is 0 Å². The van der Waals surface area contributed by atoms with E-state index >= 15 is 0 Å². The Morgan fingerprint density at radius 3 is 2.74 bits per heavy atom. The first kappa shape index (κ1) is 15.4. The van der Waals surface area contributed by atoms with Crippen LogP contribution in [0.3, 0.4) is 0 Å². The third-order valence-corrected chi connectivity index (χ3v) is 5.04. The van der Waals surface area contributed by atoms with Crippen molar-refractivity contribution in [2.75, 3.05) is 4.72 Å². The lowest BCUT2D eigenvalue weighted by atomic mass is 10.1. The molecule has 120 valence electrons. The molecule has 0 spiro atoms. The van der Waals surface area contributed by atoms with Gasteiger partial charge in [0.15, 0.2) is 5.76 Å². The standard InChI is InChI=1S/C16H17N3O3S/c1-3-12-6-4-5-7-13(12)19-23(20,21)16-10-15(22-11(16)2)14-8-9-17-18-14/h4-10,19H,3H2,1-2H3,(H,17,18). The molecule has 2 aromatic heterocycles. The number of H-pyrrole nitrogens is 1. The van der Waals surface area contributed by atoms with Crippen molar-refractivity contribution in [1.29, 1.82) is 0 Å². The maximum Gasteiger partial charge on any atom is 0.265 e. The van der Waals surface area contributed by atoms with Crippen LogP contribution in [0.4, 0.5) is 5.69 Å². The largest absolute Gasteiger partial charge is 0.458 e. The quantitative estimate of drug-likeness (QED) is 0.750. The monoisotopic (exact) mass is 331 g/mol. The molecule has 2 heterocycles. The molecule has 0 bridgehead atoms. The Morgan fingerprint density at radius 2 is 2.04 bits per heavy atom. The van der Waals surface area contributed by atoms with Gasteiger partial charge in [-0.1, -0.05) is 25.1 Å². The summed E-state index contributed by atoms with van der Waals surface area (Å²) in [5.41, 5.74) is 2.15. The molecule has 0 amide bonds. The molecule has 0 fully saturated rings. The predicted molar refractivity (Wildman–Crippen MR) is 87.7 cm³/mol. The third kappa shape index (κ3) is 3.00. The fourth-order valence-corrected chi connectivity index (χ4v) is 3.67. The molecular weight excluding hydrogens is 314 g/mol. The average molecular weight is 331 g/mol. The summed E-state index contributed by atoms with van der Waals surface area (Å²) in [6.45, 7) is 3.60. The number of para-hydroxylation sites is 1. The van der Waals surface area contributed by atoms with Crippen molar-refractivity contribution in [3.8, 4) is 11.5 Å². The molecule has 2 N–H and O–H groups in total. The molecule has 0 saturated carbocycles. The smallest absolute Gasteiger partial charge is 0.265 e. The normalized spacial score (nSPS) is 11.6. The van der Waals surface area contributed by atoms with E-state index in [0.29, 0.717) is 22.9 Å². The zero-order valence-corrected chi connectivity index (χ0v) is 13.6. The zero-order valence-electron chi connectivity index (χ0n) is 12.8. The number of sulfonamides is 1. The van der Waals surface area contributed by atoms with Gasteiger partial charge in [-0.2, -0.15) is 5.10 Å². The van der Waals surface area contributed by atoms with Crippen molar-refractivity contribution >= 4 is 15.7 Å². The van der Waals surface area contributed by atoms with Crippen molar-refractivity contribution < 1.29 is 12.8 Å². The molecule has 0 aliphatic rings. The lowest BCUT2D eigenvalue weighted by Crippen LogP contribution is -2.14. The van der Waals surface area contributed by atoms with Gasteiger partial charge >= 0.3 is 0 Å². The molecule has 3 aromatic rings. The number of anilines is 1. The van der Waals surface area contributed by atoms with Crippen LogP contribution in [0.15, 0.2) is 51.9 Å². The number of furan rings is 1. The summed E-state index contributed by atoms with van der Waals surface area (Å²) >= 11 is 0. The molecule has 0 atom stereocenters. The third-order valence-electron chi connectivity index (χ3n) is 3.57. The van der Waals surface area contributed by atoms with Crippen LogP contribution in [0, 0.1) is 6.92 Å². The molecule has 0 saturated heterocycles. The highest BCUT2D eigenvalue weighted by Gasteiger charge is 2.23. The minimum Gasteiger partial charge on any atom is -0.458 e. The fourth-order valence-electron chi connectivity index (χ4n) is 2.39. The molecule has 0 aliphatic heterocycles. The van der Waals surface area contributed by atoms with Gasteiger partial charge in [0.2, 0.25) is 0 Å². The predicted octanol–water partition coefficient (Wildman–Crippen LogP) is 3.34. The van der Waals surface area contributed by atoms with E-state index in [2.05, 4.69) is 14.9 Å². The molecule has 0 unspecified atom stereocenters. The van der Waals surface area contributed by atoms with Crippen LogP contribution in [0.2, 0.25) is 0 Å². The van der Waals surface area contributed by atoms with Gasteiger partial charge in [-0.25, -0.2) is 8.42 Å². The minimum absolute atomic E-state index is 0.119. The topological polar surface area (TPSA) is 88.0 Å². The molecule has 23 heavy (non-hydrogen) atoms. The van der Waals surface area contributed by atoms with Crippen LogP contribution in [0.25, 0.3) is 11.5 Å². The van der Waals surface area contributed by atoms with E-state index in [-0.39, 0.29) is 4.90 Å². The van der Waals surface area contributed by atoms with Crippen LogP contribution >= 0.6 is 0 Å². The van der Waals surface area contributed by atoms with E-state index in [4.69, 9.17) is 4.42 Å². The van der Waals surface area contributed by atoms with Gasteiger partial charge in [-0.15, -0.1) is 0 Å². The summed E-state index contributed by atoms with van der Waals surface area (Å²) in [5, 5.41) is 6.59. The summed E-state index contributed by atoms with van der Waals surface area (Å²) in [6, 6.07) is 10.6. The Hall–Kier alpha value is -2.54. The number of hydrogen-bond donors (Lipinski definition) is 2. The molecule has 1 aromatic carbocycles. The number of nitrogens with one attached hydrogen (secondary N) is 2. The van der Waals surface area contributed by atoms with Gasteiger partial charge in [0, 0.05) is 12.3 Å². The van der Waals surface area contributed by atoms with E-state index in [1.54, 1.807) is 31.3 Å². The molecular formula is C16H17N3O3S. The summed E-state index contributed by atoms with van der Waals surface area (Å²) in [6.07, 6.45) is 2.32. The number of hydrogen-bond acceptors (Lipinski definition) is 4. The number of benzene rings is 1. The molecule has 3 rings (SSSR count). The maximum absolute atomic E-state index is 12.7. The highest BCUT2D eigenvalue weighted by Crippen LogP contribution is 2.29. The van der Waals surface area contributed by atoms with Crippen LogP contribution < -0.4 is 4.72 Å². The highest BCUT2D eigenvalue weighted by atomic mass is 32.2. The summed E-state index contributed by atoms with van der Waals surface area (Å²) < 4.78 is 33.5. The van der Waals surface area contributed by atoms with Crippen LogP contribution in [-0.4, -0.2) is 18.6 Å². The maximum atomic E-state index is 12.7. The second-order valence-electron chi connectivity index (χ2n) is 5.12. The summed E-state index contributed by atoms with van der Waals surface area (Å²) in [4.78, 5) is 0.119. The van der Waals surface area contributed by atoms with Crippen LogP contribution in [-0.2, 0) is 16.4 Å². The molecule has 6 nitrogen and oxygen atoms in total. The van der Waals surface area contributed by atoms with Crippen molar-refractivity contribution in [3.05, 3.63) is 53.9 Å². The lowest BCUT2D eigenvalue weighted by molar-refractivity contribution is 0.533. The van der Waals surface area contributed by atoms with E-state index in [1.165, 1.54) is 6.07 Å². The highest BCUT2D eigenvalue weighted by molar-refractivity contribution is 7.92. The van der Waals surface area contributed by atoms with Gasteiger partial charge in [-0.05, 0) is 31.0 Å². The van der Waals surface area contributed by atoms with Crippen molar-refractivity contribution in [3.63, 3.8) is 0 Å². The Bertz CT molecular complexity index is 912. The number of rotatable bonds is 5. The van der Waals surface area contributed by atoms with Gasteiger partial charge in [0.25, 0.3) is 10.0 Å². The molecule has 7 heteroatoms. The van der Waals surface area contributed by atoms with Gasteiger partial charge < -0.3 is 4.42 Å². The van der Waals surface area contributed by atoms with E-state index in [1.807, 2.05) is 19.1 Å². The SMILES string of the molecule is CCc1ccccc1NS(=O)(=O)c1cc(-c2ccn[nH]2)oc1C. The van der Waals surface area contributed by atoms with Crippen LogP contribution in [0.5, 0.6) is 0 Å². The summed E-state index contributed by atoms with van der Waals surface area (Å²) in [5.74, 6) is 0.764. The first-order valence-electron chi connectivity index (χ1n) is 7.22. The van der Waals surface area contributed by atoms with E-state index in [0.717, 1.165) is 12.0 Å². The van der Waals surface area contributed by atoms with E-state index in [9.17, 15) is 8.42 Å². The van der Waals surface area contributed by atoms with E-state index < -0.39 is 10.0 Å². The second kappa shape index (κ2) is 5.92. The number of aromatic amines is 1. The average Bonchev–Trinajstić information content (AvgIpc) is 3.16. The van der Waals surface area contributed by atoms with Gasteiger partial charge in [0.05, 0.1) is 5.69 Å². The molecule has 0 aliphatic carbocycles. The summed E-state index contributed by atoms with van der Waals surface area (Å²) in [7, 11) is -3.72. The Kier molecular flexibility index (Phi) is 3.96. The zero-order chi connectivity index (χ0) is 16.4. The Balaban J connectivity index is 1.97. The lowest BCUT2D eigenvalue weighted by Gasteiger charge is -2.10. The minimum atomic E-state index is -3.72. The second-order valence-corrected chi connectivity index (χ2v) is 6.77. The fraction of sp³-hybridized carbons (Fsp3) is 0.188. The van der Waals surface area contributed by atoms with Gasteiger partial charge in [0.1, 0.15) is 16.3 Å². The van der Waals surface area contributed by atoms with Gasteiger partial charge in [-0.3, -0.25) is 9.82 Å². The van der Waals surface area contributed by atoms with Crippen molar-refractivity contribution in [1.82, 2.24) is 10.2 Å². The Labute approximate surface area is 134 Å².